The van der Waals surface area contributed by atoms with Gasteiger partial charge in [-0.2, -0.15) is 0 Å². The van der Waals surface area contributed by atoms with Gasteiger partial charge in [0.2, 0.25) is 0 Å². The minimum Gasteiger partial charge on any atom is -0.314 e. The first kappa shape index (κ1) is 12.9. The van der Waals surface area contributed by atoms with Gasteiger partial charge in [-0.15, -0.1) is 11.3 Å². The standard InChI is InChI=1S/C20H14N2S/c1-13-6-4-10-22-17(13)12-15-14-7-2-3-8-16(14)21-19(20(15)22)18-9-5-11-23-18/h2-12H,1H3. The zero-order chi connectivity index (χ0) is 15.4. The summed E-state index contributed by atoms with van der Waals surface area (Å²) < 4.78 is 2.28. The molecule has 4 aromatic heterocycles. The van der Waals surface area contributed by atoms with Crippen molar-refractivity contribution in [2.75, 3.05) is 0 Å². The molecule has 23 heavy (non-hydrogen) atoms. The molecule has 0 N–H and O–H groups in total. The summed E-state index contributed by atoms with van der Waals surface area (Å²) in [5.74, 6) is 0. The third kappa shape index (κ3) is 1.77. The highest BCUT2D eigenvalue weighted by atomic mass is 32.1. The van der Waals surface area contributed by atoms with E-state index in [0.29, 0.717) is 0 Å². The lowest BCUT2D eigenvalue weighted by Crippen LogP contribution is -1.91. The summed E-state index contributed by atoms with van der Waals surface area (Å²) in [5.41, 5.74) is 5.85. The average molecular weight is 314 g/mol. The van der Waals surface area contributed by atoms with Crippen molar-refractivity contribution in [3.05, 3.63) is 71.7 Å². The Balaban J connectivity index is 2.10. The molecule has 0 aliphatic rings. The molecule has 5 aromatic rings. The van der Waals surface area contributed by atoms with Crippen LogP contribution in [-0.4, -0.2) is 9.38 Å². The summed E-state index contributed by atoms with van der Waals surface area (Å²) >= 11 is 1.74. The Morgan fingerprint density at radius 3 is 2.74 bits per heavy atom. The first-order chi connectivity index (χ1) is 11.3. The van der Waals surface area contributed by atoms with Crippen LogP contribution >= 0.6 is 11.3 Å². The van der Waals surface area contributed by atoms with Gasteiger partial charge in [0.15, 0.2) is 0 Å². The van der Waals surface area contributed by atoms with E-state index in [9.17, 15) is 0 Å². The van der Waals surface area contributed by atoms with Crippen LogP contribution in [0.2, 0.25) is 0 Å². The number of fused-ring (bicyclic) bond motifs is 5. The zero-order valence-corrected chi connectivity index (χ0v) is 13.5. The second kappa shape index (κ2) is 4.67. The van der Waals surface area contributed by atoms with Crippen LogP contribution in [0, 0.1) is 6.92 Å². The molecule has 3 heteroatoms. The maximum absolute atomic E-state index is 4.99. The molecule has 0 fully saturated rings. The number of benzene rings is 1. The minimum absolute atomic E-state index is 1.05. The number of hydrogen-bond donors (Lipinski definition) is 0. The van der Waals surface area contributed by atoms with Crippen LogP contribution < -0.4 is 0 Å². The van der Waals surface area contributed by atoms with Gasteiger partial charge >= 0.3 is 0 Å². The van der Waals surface area contributed by atoms with Crippen molar-refractivity contribution in [3.8, 4) is 10.6 Å². The van der Waals surface area contributed by atoms with Crippen LogP contribution in [0.4, 0.5) is 0 Å². The molecule has 110 valence electrons. The van der Waals surface area contributed by atoms with Gasteiger partial charge in [0.25, 0.3) is 0 Å². The minimum atomic E-state index is 1.05. The van der Waals surface area contributed by atoms with E-state index >= 15 is 0 Å². The van der Waals surface area contributed by atoms with Gasteiger partial charge in [-0.05, 0) is 42.1 Å². The van der Waals surface area contributed by atoms with Gasteiger partial charge in [0.05, 0.1) is 15.9 Å². The molecular weight excluding hydrogens is 300 g/mol. The second-order valence-electron chi connectivity index (χ2n) is 5.81. The Morgan fingerprint density at radius 1 is 0.957 bits per heavy atom. The molecule has 0 atom stereocenters. The maximum atomic E-state index is 4.99. The van der Waals surface area contributed by atoms with Crippen molar-refractivity contribution in [3.63, 3.8) is 0 Å². The van der Waals surface area contributed by atoms with Crippen molar-refractivity contribution in [2.24, 2.45) is 0 Å². The largest absolute Gasteiger partial charge is 0.314 e. The molecule has 0 aliphatic carbocycles. The van der Waals surface area contributed by atoms with Crippen molar-refractivity contribution in [1.82, 2.24) is 9.38 Å². The highest BCUT2D eigenvalue weighted by Gasteiger charge is 2.15. The van der Waals surface area contributed by atoms with Crippen LogP contribution in [0.5, 0.6) is 0 Å². The average Bonchev–Trinajstić information content (AvgIpc) is 3.23. The molecule has 0 bridgehead atoms. The van der Waals surface area contributed by atoms with E-state index < -0.39 is 0 Å². The number of nitrogens with zero attached hydrogens (tertiary/aromatic N) is 2. The van der Waals surface area contributed by atoms with Gasteiger partial charge in [-0.1, -0.05) is 30.3 Å². The van der Waals surface area contributed by atoms with Crippen molar-refractivity contribution in [2.45, 2.75) is 6.92 Å². The summed E-state index contributed by atoms with van der Waals surface area (Å²) in [6.07, 6.45) is 2.14. The number of para-hydroxylation sites is 1. The quantitative estimate of drug-likeness (QED) is 0.389. The van der Waals surface area contributed by atoms with E-state index in [4.69, 9.17) is 4.98 Å². The van der Waals surface area contributed by atoms with Crippen molar-refractivity contribution < 1.29 is 0 Å². The smallest absolute Gasteiger partial charge is 0.106 e. The van der Waals surface area contributed by atoms with Gasteiger partial charge in [-0.3, -0.25) is 0 Å². The number of rotatable bonds is 1. The third-order valence-electron chi connectivity index (χ3n) is 4.43. The first-order valence-corrected chi connectivity index (χ1v) is 8.54. The van der Waals surface area contributed by atoms with Crippen LogP contribution in [0.15, 0.2) is 66.2 Å². The lowest BCUT2D eigenvalue weighted by atomic mass is 10.1. The topological polar surface area (TPSA) is 17.3 Å². The molecule has 0 unspecified atom stereocenters. The Bertz CT molecular complexity index is 1170. The fourth-order valence-electron chi connectivity index (χ4n) is 3.35. The fourth-order valence-corrected chi connectivity index (χ4v) is 4.06. The van der Waals surface area contributed by atoms with E-state index in [0.717, 1.165) is 11.2 Å². The van der Waals surface area contributed by atoms with E-state index in [-0.39, 0.29) is 0 Å². The predicted molar refractivity (Wildman–Crippen MR) is 98.3 cm³/mol. The van der Waals surface area contributed by atoms with Crippen LogP contribution in [0.3, 0.4) is 0 Å². The predicted octanol–water partition coefficient (Wildman–Crippen LogP) is 5.68. The zero-order valence-electron chi connectivity index (χ0n) is 12.7. The molecule has 0 saturated carbocycles. The molecule has 1 aromatic carbocycles. The lowest BCUT2D eigenvalue weighted by molar-refractivity contribution is 1.22. The number of thiophene rings is 1. The molecule has 4 heterocycles. The van der Waals surface area contributed by atoms with E-state index in [1.807, 2.05) is 0 Å². The number of pyridine rings is 2. The van der Waals surface area contributed by atoms with Gasteiger partial charge < -0.3 is 4.40 Å². The summed E-state index contributed by atoms with van der Waals surface area (Å²) in [5, 5.41) is 4.60. The summed E-state index contributed by atoms with van der Waals surface area (Å²) in [6.45, 7) is 2.16. The number of hydrogen-bond acceptors (Lipinski definition) is 2. The Kier molecular flexibility index (Phi) is 2.61. The second-order valence-corrected chi connectivity index (χ2v) is 6.76. The molecule has 5 rings (SSSR count). The molecule has 2 nitrogen and oxygen atoms in total. The van der Waals surface area contributed by atoms with E-state index in [1.54, 1.807) is 11.3 Å². The highest BCUT2D eigenvalue weighted by molar-refractivity contribution is 7.13. The van der Waals surface area contributed by atoms with E-state index in [2.05, 4.69) is 77.5 Å². The Morgan fingerprint density at radius 2 is 1.87 bits per heavy atom. The summed E-state index contributed by atoms with van der Waals surface area (Å²) in [7, 11) is 0. The molecule has 0 saturated heterocycles. The molecule has 0 aliphatic heterocycles. The fraction of sp³-hybridized carbons (Fsp3) is 0.0500. The molecule has 0 amide bonds. The molecule has 0 spiro atoms. The number of aryl methyl sites for hydroxylation is 1. The van der Waals surface area contributed by atoms with Crippen LogP contribution in [0.1, 0.15) is 5.56 Å². The first-order valence-electron chi connectivity index (χ1n) is 7.66. The highest BCUT2D eigenvalue weighted by Crippen LogP contribution is 2.36. The Hall–Kier alpha value is -2.65. The van der Waals surface area contributed by atoms with Gasteiger partial charge in [-0.25, -0.2) is 4.98 Å². The van der Waals surface area contributed by atoms with Crippen molar-refractivity contribution >= 4 is 38.7 Å². The lowest BCUT2D eigenvalue weighted by Gasteiger charge is -2.07. The SMILES string of the molecule is Cc1cccn2c1cc1c3ccccc3nc(-c3cccs3)c12. The Labute approximate surface area is 137 Å². The van der Waals surface area contributed by atoms with Gasteiger partial charge in [0.1, 0.15) is 5.69 Å². The normalized spacial score (nSPS) is 11.7. The van der Waals surface area contributed by atoms with Gasteiger partial charge in [0, 0.05) is 22.5 Å². The monoisotopic (exact) mass is 314 g/mol. The van der Waals surface area contributed by atoms with Crippen LogP contribution in [0.25, 0.3) is 37.9 Å². The number of aromatic nitrogens is 2. The van der Waals surface area contributed by atoms with E-state index in [1.165, 1.54) is 32.2 Å². The van der Waals surface area contributed by atoms with Crippen molar-refractivity contribution in [1.29, 1.82) is 0 Å². The third-order valence-corrected chi connectivity index (χ3v) is 5.30. The maximum Gasteiger partial charge on any atom is 0.106 e. The molecular formula is C20H14N2S. The molecule has 0 radical (unpaired) electrons. The summed E-state index contributed by atoms with van der Waals surface area (Å²) in [4.78, 5) is 6.20. The van der Waals surface area contributed by atoms with Crippen LogP contribution in [-0.2, 0) is 0 Å². The summed E-state index contributed by atoms with van der Waals surface area (Å²) in [6, 6.07) is 19.2.